The third-order valence-electron chi connectivity index (χ3n) is 5.00. The Morgan fingerprint density at radius 1 is 1.28 bits per heavy atom. The number of carbonyl (C=O) groups is 1. The van der Waals surface area contributed by atoms with Gasteiger partial charge in [-0.25, -0.2) is 4.98 Å². The maximum atomic E-state index is 12.3. The van der Waals surface area contributed by atoms with Crippen LogP contribution in [0.25, 0.3) is 0 Å². The topological polar surface area (TPSA) is 67.4 Å². The fourth-order valence-corrected chi connectivity index (χ4v) is 3.53. The van der Waals surface area contributed by atoms with Crippen LogP contribution in [0.15, 0.2) is 24.3 Å². The molecule has 6 nitrogen and oxygen atoms in total. The highest BCUT2D eigenvalue weighted by Crippen LogP contribution is 2.21. The lowest BCUT2D eigenvalue weighted by atomic mass is 10.1. The first kappa shape index (κ1) is 23.1. The van der Waals surface area contributed by atoms with E-state index in [1.807, 2.05) is 25.1 Å². The molecule has 29 heavy (non-hydrogen) atoms. The molecule has 0 aliphatic heterocycles. The molecule has 1 N–H and O–H groups in total. The largest absolute Gasteiger partial charge is 0.497 e. The van der Waals surface area contributed by atoms with E-state index in [2.05, 4.69) is 41.4 Å². The van der Waals surface area contributed by atoms with Crippen LogP contribution >= 0.6 is 11.5 Å². The first-order valence-electron chi connectivity index (χ1n) is 10.4. The van der Waals surface area contributed by atoms with Crippen LogP contribution in [0.3, 0.4) is 0 Å². The number of rotatable bonds is 12. The molecule has 0 saturated heterocycles. The molecule has 1 heterocycles. The smallest absolute Gasteiger partial charge is 0.221 e. The molecule has 2 aromatic rings. The van der Waals surface area contributed by atoms with Crippen molar-refractivity contribution < 1.29 is 9.53 Å². The molecule has 0 fully saturated rings. The number of ether oxygens (including phenoxy) is 1. The Bertz CT molecular complexity index is 763. The van der Waals surface area contributed by atoms with Crippen LogP contribution in [0.1, 0.15) is 58.3 Å². The van der Waals surface area contributed by atoms with E-state index in [4.69, 9.17) is 9.72 Å². The molecule has 0 spiro atoms. The lowest BCUT2D eigenvalue weighted by Crippen LogP contribution is -2.38. The molecule has 0 unspecified atom stereocenters. The summed E-state index contributed by atoms with van der Waals surface area (Å²) >= 11 is 1.41. The van der Waals surface area contributed by atoms with Gasteiger partial charge in [-0.2, -0.15) is 4.37 Å². The summed E-state index contributed by atoms with van der Waals surface area (Å²) in [5.41, 5.74) is 1.12. The molecule has 0 bridgehead atoms. The van der Waals surface area contributed by atoms with Gasteiger partial charge >= 0.3 is 0 Å². The van der Waals surface area contributed by atoms with Crippen LogP contribution in [0.2, 0.25) is 0 Å². The molecule has 0 saturated carbocycles. The Kier molecular flexibility index (Phi) is 9.38. The van der Waals surface area contributed by atoms with Crippen LogP contribution in [-0.4, -0.2) is 41.5 Å². The van der Waals surface area contributed by atoms with Gasteiger partial charge in [0.25, 0.3) is 0 Å². The van der Waals surface area contributed by atoms with Crippen LogP contribution in [0.5, 0.6) is 5.75 Å². The van der Waals surface area contributed by atoms with Crippen LogP contribution in [-0.2, 0) is 11.2 Å². The predicted molar refractivity (Wildman–Crippen MR) is 120 cm³/mol. The number of hydrogen-bond acceptors (Lipinski definition) is 6. The zero-order chi connectivity index (χ0) is 21.2. The normalized spacial score (nSPS) is 12.1. The zero-order valence-corrected chi connectivity index (χ0v) is 19.1. The van der Waals surface area contributed by atoms with Gasteiger partial charge in [0.15, 0.2) is 0 Å². The molecule has 1 atom stereocenters. The number of nitrogens with one attached hydrogen (secondary N) is 1. The Hall–Kier alpha value is -2.15. The second kappa shape index (κ2) is 11.8. The molecule has 0 radical (unpaired) electrons. The molecule has 0 aliphatic rings. The first-order valence-corrected chi connectivity index (χ1v) is 11.2. The van der Waals surface area contributed by atoms with E-state index in [1.165, 1.54) is 11.5 Å². The quantitative estimate of drug-likeness (QED) is 0.557. The van der Waals surface area contributed by atoms with Gasteiger partial charge in [-0.3, -0.25) is 4.79 Å². The van der Waals surface area contributed by atoms with Crippen molar-refractivity contribution in [2.75, 3.05) is 25.1 Å². The van der Waals surface area contributed by atoms with E-state index in [1.54, 1.807) is 7.11 Å². The third-order valence-corrected chi connectivity index (χ3v) is 5.82. The Labute approximate surface area is 178 Å². The number of anilines is 1. The number of benzene rings is 1. The van der Waals surface area contributed by atoms with Crippen molar-refractivity contribution in [3.8, 4) is 5.75 Å². The average Bonchev–Trinajstić information content (AvgIpc) is 3.16. The molecule has 2 rings (SSSR count). The van der Waals surface area contributed by atoms with Gasteiger partial charge in [0.05, 0.1) is 7.11 Å². The lowest BCUT2D eigenvalue weighted by molar-refractivity contribution is -0.121. The summed E-state index contributed by atoms with van der Waals surface area (Å²) in [5, 5.41) is 3.97. The molecular weight excluding hydrogens is 384 g/mol. The minimum atomic E-state index is 0.0915. The van der Waals surface area contributed by atoms with Gasteiger partial charge in [0.1, 0.15) is 11.6 Å². The Morgan fingerprint density at radius 3 is 2.76 bits per heavy atom. The molecule has 160 valence electrons. The SMILES string of the molecule is CCCCN(CCC(=O)N[C@@H](C)C(C)C)c1nc(Cc2cccc(OC)c2)ns1. The second-order valence-corrected chi connectivity index (χ2v) is 8.44. The van der Waals surface area contributed by atoms with E-state index in [0.29, 0.717) is 25.3 Å². The number of carbonyl (C=O) groups excluding carboxylic acids is 1. The van der Waals surface area contributed by atoms with Gasteiger partial charge in [-0.05, 0) is 37.0 Å². The van der Waals surface area contributed by atoms with Gasteiger partial charge in [-0.15, -0.1) is 0 Å². The summed E-state index contributed by atoms with van der Waals surface area (Å²) < 4.78 is 9.83. The van der Waals surface area contributed by atoms with Crippen LogP contribution in [0.4, 0.5) is 5.13 Å². The number of methoxy groups -OCH3 is 1. The highest BCUT2D eigenvalue weighted by Gasteiger charge is 2.16. The van der Waals surface area contributed by atoms with Crippen molar-refractivity contribution in [3.05, 3.63) is 35.7 Å². The minimum absolute atomic E-state index is 0.0915. The second-order valence-electron chi connectivity index (χ2n) is 7.71. The van der Waals surface area contributed by atoms with Crippen LogP contribution in [0, 0.1) is 5.92 Å². The Balaban J connectivity index is 1.99. The molecule has 1 amide bonds. The van der Waals surface area contributed by atoms with E-state index in [-0.39, 0.29) is 11.9 Å². The molecule has 1 aromatic carbocycles. The predicted octanol–water partition coefficient (Wildman–Crippen LogP) is 4.29. The molecular formula is C22H34N4O2S. The van der Waals surface area contributed by atoms with Crippen molar-refractivity contribution in [2.24, 2.45) is 5.92 Å². The highest BCUT2D eigenvalue weighted by atomic mass is 32.1. The van der Waals surface area contributed by atoms with E-state index < -0.39 is 0 Å². The summed E-state index contributed by atoms with van der Waals surface area (Å²) in [7, 11) is 1.67. The van der Waals surface area contributed by atoms with Gasteiger partial charge in [0, 0.05) is 43.5 Å². The van der Waals surface area contributed by atoms with Gasteiger partial charge < -0.3 is 15.0 Å². The van der Waals surface area contributed by atoms with Crippen molar-refractivity contribution in [1.29, 1.82) is 0 Å². The summed E-state index contributed by atoms with van der Waals surface area (Å²) in [6, 6.07) is 8.16. The van der Waals surface area contributed by atoms with Gasteiger partial charge in [-0.1, -0.05) is 39.3 Å². The summed E-state index contributed by atoms with van der Waals surface area (Å²) in [4.78, 5) is 19.2. The van der Waals surface area contributed by atoms with Crippen molar-refractivity contribution in [1.82, 2.24) is 14.7 Å². The zero-order valence-electron chi connectivity index (χ0n) is 18.3. The summed E-state index contributed by atoms with van der Waals surface area (Å²) in [6.45, 7) is 9.99. The number of hydrogen-bond donors (Lipinski definition) is 1. The number of unbranched alkanes of at least 4 members (excludes halogenated alkanes) is 1. The van der Waals surface area contributed by atoms with Crippen LogP contribution < -0.4 is 15.0 Å². The maximum absolute atomic E-state index is 12.3. The summed E-state index contributed by atoms with van der Waals surface area (Å²) in [5.74, 6) is 2.16. The fraction of sp³-hybridized carbons (Fsp3) is 0.591. The summed E-state index contributed by atoms with van der Waals surface area (Å²) in [6.07, 6.45) is 3.30. The maximum Gasteiger partial charge on any atom is 0.221 e. The van der Waals surface area contributed by atoms with Crippen molar-refractivity contribution >= 4 is 22.6 Å². The molecule has 1 aromatic heterocycles. The number of amides is 1. The monoisotopic (exact) mass is 418 g/mol. The average molecular weight is 419 g/mol. The van der Waals surface area contributed by atoms with Crippen molar-refractivity contribution in [2.45, 2.75) is 59.4 Å². The van der Waals surface area contributed by atoms with E-state index in [9.17, 15) is 4.79 Å². The molecule has 7 heteroatoms. The minimum Gasteiger partial charge on any atom is -0.497 e. The Morgan fingerprint density at radius 2 is 2.07 bits per heavy atom. The lowest BCUT2D eigenvalue weighted by Gasteiger charge is -2.22. The van der Waals surface area contributed by atoms with Gasteiger partial charge in [0.2, 0.25) is 11.0 Å². The molecule has 0 aliphatic carbocycles. The first-order chi connectivity index (χ1) is 13.9. The van der Waals surface area contributed by atoms with Crippen molar-refractivity contribution in [3.63, 3.8) is 0 Å². The number of aromatic nitrogens is 2. The highest BCUT2D eigenvalue weighted by molar-refractivity contribution is 7.09. The standard InChI is InChI=1S/C22H34N4O2S/c1-6-7-12-26(13-11-21(27)23-17(4)16(2)3)22-24-20(25-29-22)15-18-9-8-10-19(14-18)28-5/h8-10,14,16-17H,6-7,11-13,15H2,1-5H3,(H,23,27)/t17-/m0/s1. The number of nitrogens with zero attached hydrogens (tertiary/aromatic N) is 3. The van der Waals surface area contributed by atoms with E-state index >= 15 is 0 Å². The van der Waals surface area contributed by atoms with E-state index in [0.717, 1.165) is 41.7 Å². The fourth-order valence-electron chi connectivity index (χ4n) is 2.79. The third kappa shape index (κ3) is 7.65.